The maximum absolute atomic E-state index is 12.9. The van der Waals surface area contributed by atoms with E-state index in [0.29, 0.717) is 17.3 Å². The highest BCUT2D eigenvalue weighted by molar-refractivity contribution is 5.95. The number of rotatable bonds is 2. The zero-order chi connectivity index (χ0) is 15.1. The molecule has 0 spiro atoms. The molecule has 0 aliphatic carbocycles. The van der Waals surface area contributed by atoms with Crippen molar-refractivity contribution in [2.45, 2.75) is 45.1 Å². The van der Waals surface area contributed by atoms with E-state index in [9.17, 15) is 4.79 Å². The van der Waals surface area contributed by atoms with E-state index in [1.165, 1.54) is 12.8 Å². The van der Waals surface area contributed by atoms with Gasteiger partial charge in [0.15, 0.2) is 0 Å². The Labute approximate surface area is 126 Å². The molecule has 2 heterocycles. The Balaban J connectivity index is 2.29. The third kappa shape index (κ3) is 3.83. The smallest absolute Gasteiger partial charge is 0.273 e. The molecule has 0 aromatic carbocycles. The van der Waals surface area contributed by atoms with Crippen molar-refractivity contribution in [2.75, 3.05) is 13.1 Å². The molecule has 1 saturated heterocycles. The van der Waals surface area contributed by atoms with Crippen molar-refractivity contribution < 1.29 is 4.79 Å². The average Bonchev–Trinajstić information content (AvgIpc) is 2.77. The molecule has 1 aliphatic heterocycles. The number of hydrogen-bond acceptors (Lipinski definition) is 3. The van der Waals surface area contributed by atoms with E-state index in [2.05, 4.69) is 23.7 Å². The molecule has 1 aromatic heterocycles. The number of aromatic nitrogens is 1. The van der Waals surface area contributed by atoms with Gasteiger partial charge in [0.25, 0.3) is 5.91 Å². The highest BCUT2D eigenvalue weighted by Crippen LogP contribution is 2.21. The van der Waals surface area contributed by atoms with Crippen LogP contribution in [0.2, 0.25) is 0 Å². The third-order valence-electron chi connectivity index (χ3n) is 3.94. The number of carbonyl (C=O) groups is 1. The first-order chi connectivity index (χ1) is 10.3. The lowest BCUT2D eigenvalue weighted by Crippen LogP contribution is -2.40. The van der Waals surface area contributed by atoms with Crippen molar-refractivity contribution >= 4 is 5.91 Å². The molecule has 1 aliphatic rings. The van der Waals surface area contributed by atoms with Crippen molar-refractivity contribution in [1.82, 2.24) is 9.88 Å². The molecule has 2 N–H and O–H groups in total. The number of pyridine rings is 1. The summed E-state index contributed by atoms with van der Waals surface area (Å²) in [7, 11) is 0. The Bertz CT molecular complexity index is 544. The molecule has 1 fully saturated rings. The molecule has 0 radical (unpaired) electrons. The highest BCUT2D eigenvalue weighted by atomic mass is 16.2. The van der Waals surface area contributed by atoms with Gasteiger partial charge in [-0.3, -0.25) is 4.79 Å². The first-order valence-corrected chi connectivity index (χ1v) is 7.72. The van der Waals surface area contributed by atoms with Crippen molar-refractivity contribution in [3.63, 3.8) is 0 Å². The Hall–Kier alpha value is -1.86. The Kier molecular flexibility index (Phi) is 5.77. The van der Waals surface area contributed by atoms with Gasteiger partial charge in [-0.15, -0.1) is 0 Å². The summed E-state index contributed by atoms with van der Waals surface area (Å²) in [5.74, 6) is 5.77. The predicted octanol–water partition coefficient (Wildman–Crippen LogP) is 2.19. The highest BCUT2D eigenvalue weighted by Gasteiger charge is 2.26. The summed E-state index contributed by atoms with van der Waals surface area (Å²) < 4.78 is 0. The average molecular weight is 285 g/mol. The molecule has 0 bridgehead atoms. The van der Waals surface area contributed by atoms with E-state index in [4.69, 9.17) is 5.73 Å². The zero-order valence-corrected chi connectivity index (χ0v) is 12.6. The Morgan fingerprint density at radius 2 is 2.33 bits per heavy atom. The molecular formula is C17H23N3O. The van der Waals surface area contributed by atoms with Crippen LogP contribution in [-0.4, -0.2) is 34.9 Å². The SMILES string of the molecule is CCC1CCCCCN1C(=O)c1ncccc1C#CCN. The molecule has 1 aromatic rings. The summed E-state index contributed by atoms with van der Waals surface area (Å²) in [6, 6.07) is 3.95. The van der Waals surface area contributed by atoms with Crippen LogP contribution in [0.1, 0.15) is 55.1 Å². The monoisotopic (exact) mass is 285 g/mol. The van der Waals surface area contributed by atoms with Crippen molar-refractivity contribution in [1.29, 1.82) is 0 Å². The molecular weight excluding hydrogens is 262 g/mol. The lowest BCUT2D eigenvalue weighted by atomic mass is 10.1. The van der Waals surface area contributed by atoms with Crippen LogP contribution in [0.25, 0.3) is 0 Å². The minimum atomic E-state index is 0.00525. The number of amides is 1. The van der Waals surface area contributed by atoms with Crippen LogP contribution in [0.15, 0.2) is 18.3 Å². The van der Waals surface area contributed by atoms with Crippen molar-refractivity contribution in [2.24, 2.45) is 5.73 Å². The molecule has 0 saturated carbocycles. The van der Waals surface area contributed by atoms with Gasteiger partial charge in [-0.2, -0.15) is 0 Å². The zero-order valence-electron chi connectivity index (χ0n) is 12.6. The van der Waals surface area contributed by atoms with Gasteiger partial charge in [0.05, 0.1) is 12.1 Å². The summed E-state index contributed by atoms with van der Waals surface area (Å²) in [6.07, 6.45) is 7.19. The molecule has 112 valence electrons. The van der Waals surface area contributed by atoms with Crippen LogP contribution in [0.3, 0.4) is 0 Å². The lowest BCUT2D eigenvalue weighted by Gasteiger charge is -2.29. The topological polar surface area (TPSA) is 59.2 Å². The first kappa shape index (κ1) is 15.5. The van der Waals surface area contributed by atoms with E-state index < -0.39 is 0 Å². The maximum Gasteiger partial charge on any atom is 0.273 e. The van der Waals surface area contributed by atoms with Gasteiger partial charge in [-0.1, -0.05) is 31.6 Å². The molecule has 1 atom stereocenters. The number of carbonyl (C=O) groups excluding carboxylic acids is 1. The fraction of sp³-hybridized carbons (Fsp3) is 0.529. The molecule has 1 amide bonds. The van der Waals surface area contributed by atoms with Crippen LogP contribution in [0, 0.1) is 11.8 Å². The van der Waals surface area contributed by atoms with Crippen molar-refractivity contribution in [3.05, 3.63) is 29.6 Å². The largest absolute Gasteiger partial charge is 0.334 e. The number of likely N-dealkylation sites (tertiary alicyclic amines) is 1. The number of nitrogens with two attached hydrogens (primary N) is 1. The third-order valence-corrected chi connectivity index (χ3v) is 3.94. The van der Waals surface area contributed by atoms with E-state index in [-0.39, 0.29) is 12.5 Å². The van der Waals surface area contributed by atoms with Crippen molar-refractivity contribution in [3.8, 4) is 11.8 Å². The summed E-state index contributed by atoms with van der Waals surface area (Å²) in [6.45, 7) is 3.24. The molecule has 4 nitrogen and oxygen atoms in total. The van der Waals surface area contributed by atoms with E-state index in [1.54, 1.807) is 12.3 Å². The predicted molar refractivity (Wildman–Crippen MR) is 83.8 cm³/mol. The second kappa shape index (κ2) is 7.80. The van der Waals surface area contributed by atoms with Gasteiger partial charge in [0.2, 0.25) is 0 Å². The van der Waals surface area contributed by atoms with Crippen LogP contribution in [0.5, 0.6) is 0 Å². The lowest BCUT2D eigenvalue weighted by molar-refractivity contribution is 0.0672. The second-order valence-corrected chi connectivity index (χ2v) is 5.32. The van der Waals surface area contributed by atoms with Crippen LogP contribution in [-0.2, 0) is 0 Å². The van der Waals surface area contributed by atoms with Gasteiger partial charge >= 0.3 is 0 Å². The normalized spacial score (nSPS) is 18.6. The molecule has 1 unspecified atom stereocenters. The quantitative estimate of drug-likeness (QED) is 0.847. The fourth-order valence-corrected chi connectivity index (χ4v) is 2.83. The van der Waals surface area contributed by atoms with E-state index in [0.717, 1.165) is 25.8 Å². The summed E-state index contributed by atoms with van der Waals surface area (Å²) >= 11 is 0. The summed E-state index contributed by atoms with van der Waals surface area (Å²) in [5, 5.41) is 0. The molecule has 21 heavy (non-hydrogen) atoms. The van der Waals surface area contributed by atoms with Gasteiger partial charge < -0.3 is 10.6 Å². The minimum Gasteiger partial charge on any atom is -0.334 e. The van der Waals surface area contributed by atoms with Gasteiger partial charge in [-0.05, 0) is 31.4 Å². The molecule has 2 rings (SSSR count). The van der Waals surface area contributed by atoms with Gasteiger partial charge in [0.1, 0.15) is 5.69 Å². The fourth-order valence-electron chi connectivity index (χ4n) is 2.83. The number of hydrogen-bond donors (Lipinski definition) is 1. The standard InChI is InChI=1S/C17H23N3O/c1-2-15-10-4-3-5-13-20(15)17(21)16-14(8-6-11-18)9-7-12-19-16/h7,9,12,15H,2-5,10-11,13,18H2,1H3. The Morgan fingerprint density at radius 3 is 3.10 bits per heavy atom. The van der Waals surface area contributed by atoms with E-state index >= 15 is 0 Å². The Morgan fingerprint density at radius 1 is 1.48 bits per heavy atom. The summed E-state index contributed by atoms with van der Waals surface area (Å²) in [5.41, 5.74) is 6.55. The molecule has 4 heteroatoms. The van der Waals surface area contributed by atoms with Gasteiger partial charge in [0, 0.05) is 18.8 Å². The van der Waals surface area contributed by atoms with Gasteiger partial charge in [-0.25, -0.2) is 4.98 Å². The summed E-state index contributed by atoms with van der Waals surface area (Å²) in [4.78, 5) is 19.1. The van der Waals surface area contributed by atoms with Crippen LogP contribution < -0.4 is 5.73 Å². The maximum atomic E-state index is 12.9. The van der Waals surface area contributed by atoms with Crippen LogP contribution in [0.4, 0.5) is 0 Å². The van der Waals surface area contributed by atoms with Crippen LogP contribution >= 0.6 is 0 Å². The first-order valence-electron chi connectivity index (χ1n) is 7.72. The second-order valence-electron chi connectivity index (χ2n) is 5.32. The number of nitrogens with zero attached hydrogens (tertiary/aromatic N) is 2. The minimum absolute atomic E-state index is 0.00525. The van der Waals surface area contributed by atoms with E-state index in [1.807, 2.05) is 11.0 Å².